The van der Waals surface area contributed by atoms with Gasteiger partial charge in [0.1, 0.15) is 11.6 Å². The van der Waals surface area contributed by atoms with Crippen molar-refractivity contribution in [2.45, 2.75) is 40.5 Å². The maximum atomic E-state index is 10.4. The molecular weight excluding hydrogens is 280 g/mol. The number of Topliss-reactive ketones (excluding diaryl/α,β-unsaturated/α-hetero) is 2. The van der Waals surface area contributed by atoms with Crippen LogP contribution in [0, 0.1) is 11.8 Å². The van der Waals surface area contributed by atoms with E-state index in [1.54, 1.807) is 13.8 Å². The van der Waals surface area contributed by atoms with Crippen molar-refractivity contribution < 1.29 is 29.4 Å². The zero-order valence-electron chi connectivity index (χ0n) is 11.7. The molecule has 0 fully saturated rings. The second-order valence-electron chi connectivity index (χ2n) is 3.78. The van der Waals surface area contributed by atoms with Crippen LogP contribution in [0.3, 0.4) is 0 Å². The maximum absolute atomic E-state index is 10.4. The zero-order valence-corrected chi connectivity index (χ0v) is 13.9. The Morgan fingerprint density at radius 2 is 1.00 bits per heavy atom. The van der Waals surface area contributed by atoms with Gasteiger partial charge in [0.2, 0.25) is 0 Å². The third-order valence-electron chi connectivity index (χ3n) is 2.37. The van der Waals surface area contributed by atoms with Crippen LogP contribution < -0.4 is 10.2 Å². The van der Waals surface area contributed by atoms with Gasteiger partial charge in [0.15, 0.2) is 0 Å². The molecule has 0 bridgehead atoms. The van der Waals surface area contributed by atoms with Gasteiger partial charge in [-0.15, -0.1) is 0 Å². The standard InChI is InChI=1S/2C6H10O3.Ca/c2*1-3-5(4(2)7)6(8)9;/h2*5H,3H2,1-2H3,(H,8,9);/q;;+2/p-2. The van der Waals surface area contributed by atoms with Crippen molar-refractivity contribution in [1.82, 2.24) is 0 Å². The summed E-state index contributed by atoms with van der Waals surface area (Å²) in [5, 5.41) is 20.1. The summed E-state index contributed by atoms with van der Waals surface area (Å²) in [5.74, 6) is -5.04. The largest absolute Gasteiger partial charge is 2.00 e. The van der Waals surface area contributed by atoms with Gasteiger partial charge < -0.3 is 19.8 Å². The molecule has 0 saturated heterocycles. The fourth-order valence-electron chi connectivity index (χ4n) is 1.24. The first-order valence-electron chi connectivity index (χ1n) is 5.61. The minimum absolute atomic E-state index is 0. The third kappa shape index (κ3) is 11.1. The van der Waals surface area contributed by atoms with Gasteiger partial charge >= 0.3 is 37.7 Å². The van der Waals surface area contributed by atoms with Crippen molar-refractivity contribution in [3.63, 3.8) is 0 Å². The van der Waals surface area contributed by atoms with E-state index in [9.17, 15) is 29.4 Å². The molecule has 6 nitrogen and oxygen atoms in total. The first-order chi connectivity index (χ1) is 8.18. The Labute approximate surface area is 142 Å². The Morgan fingerprint density at radius 3 is 1.00 bits per heavy atom. The van der Waals surface area contributed by atoms with Crippen LogP contribution >= 0.6 is 0 Å². The molecule has 2 unspecified atom stereocenters. The molecule has 0 aliphatic carbocycles. The van der Waals surface area contributed by atoms with Crippen LogP contribution in [0.4, 0.5) is 0 Å². The average molecular weight is 298 g/mol. The predicted molar refractivity (Wildman–Crippen MR) is 64.7 cm³/mol. The van der Waals surface area contributed by atoms with Crippen molar-refractivity contribution in [2.75, 3.05) is 0 Å². The normalized spacial score (nSPS) is 12.0. The van der Waals surface area contributed by atoms with Gasteiger partial charge in [0.25, 0.3) is 0 Å². The van der Waals surface area contributed by atoms with Crippen molar-refractivity contribution in [1.29, 1.82) is 0 Å². The van der Waals surface area contributed by atoms with E-state index in [0.29, 0.717) is 12.8 Å². The maximum Gasteiger partial charge on any atom is 2.00 e. The average Bonchev–Trinajstić information content (AvgIpc) is 2.17. The quantitative estimate of drug-likeness (QED) is 0.427. The minimum atomic E-state index is -1.27. The molecule has 0 aliphatic rings. The number of ketones is 2. The molecule has 0 aliphatic heterocycles. The molecule has 0 aromatic rings. The zero-order chi connectivity index (χ0) is 14.9. The van der Waals surface area contributed by atoms with Crippen LogP contribution in [0.15, 0.2) is 0 Å². The van der Waals surface area contributed by atoms with Gasteiger partial charge in [-0.3, -0.25) is 9.59 Å². The number of carbonyl (C=O) groups excluding carboxylic acids is 4. The Hall–Kier alpha value is -0.460. The fraction of sp³-hybridized carbons (Fsp3) is 0.667. The molecule has 0 radical (unpaired) electrons. The summed E-state index contributed by atoms with van der Waals surface area (Å²) in [6.07, 6.45) is 0.634. The van der Waals surface area contributed by atoms with Crippen molar-refractivity contribution in [2.24, 2.45) is 11.8 Å². The SMILES string of the molecule is CCC(C(C)=O)C(=O)[O-].CCC(C(C)=O)C(=O)[O-].[Ca+2]. The molecule has 0 aromatic heterocycles. The fourth-order valence-corrected chi connectivity index (χ4v) is 1.24. The molecular formula is C12H18CaO6. The molecule has 2 atom stereocenters. The van der Waals surface area contributed by atoms with E-state index in [1.807, 2.05) is 0 Å². The van der Waals surface area contributed by atoms with Crippen molar-refractivity contribution in [3.05, 3.63) is 0 Å². The summed E-state index contributed by atoms with van der Waals surface area (Å²) in [4.78, 5) is 40.9. The summed E-state index contributed by atoms with van der Waals surface area (Å²) in [5.41, 5.74) is 0. The molecule has 0 N–H and O–H groups in total. The topological polar surface area (TPSA) is 114 Å². The number of hydrogen-bond donors (Lipinski definition) is 0. The van der Waals surface area contributed by atoms with Crippen LogP contribution in [-0.2, 0) is 19.2 Å². The first kappa shape index (κ1) is 23.6. The number of carboxylic acid groups (broad SMARTS) is 2. The molecule has 0 heterocycles. The first-order valence-corrected chi connectivity index (χ1v) is 5.61. The van der Waals surface area contributed by atoms with Crippen LogP contribution in [0.1, 0.15) is 40.5 Å². The van der Waals surface area contributed by atoms with Gasteiger partial charge in [0.05, 0.1) is 23.8 Å². The second-order valence-corrected chi connectivity index (χ2v) is 3.78. The Bertz CT molecular complexity index is 266. The van der Waals surface area contributed by atoms with Crippen LogP contribution in [-0.4, -0.2) is 61.2 Å². The third-order valence-corrected chi connectivity index (χ3v) is 2.37. The van der Waals surface area contributed by atoms with Gasteiger partial charge in [-0.05, 0) is 26.7 Å². The van der Waals surface area contributed by atoms with E-state index in [4.69, 9.17) is 0 Å². The van der Waals surface area contributed by atoms with E-state index in [0.717, 1.165) is 0 Å². The number of hydrogen-bond acceptors (Lipinski definition) is 6. The van der Waals surface area contributed by atoms with Crippen LogP contribution in [0.25, 0.3) is 0 Å². The van der Waals surface area contributed by atoms with Crippen LogP contribution in [0.5, 0.6) is 0 Å². The van der Waals surface area contributed by atoms with Crippen LogP contribution in [0.2, 0.25) is 0 Å². The number of aliphatic carboxylic acids is 2. The van der Waals surface area contributed by atoms with Crippen molar-refractivity contribution in [3.8, 4) is 0 Å². The van der Waals surface area contributed by atoms with E-state index in [-0.39, 0.29) is 49.3 Å². The van der Waals surface area contributed by atoms with E-state index in [1.165, 1.54) is 13.8 Å². The Morgan fingerprint density at radius 1 is 0.789 bits per heavy atom. The van der Waals surface area contributed by atoms with E-state index >= 15 is 0 Å². The van der Waals surface area contributed by atoms with Gasteiger partial charge in [-0.25, -0.2) is 0 Å². The van der Waals surface area contributed by atoms with Gasteiger partial charge in [0, 0.05) is 0 Å². The molecule has 0 aromatic carbocycles. The molecule has 19 heavy (non-hydrogen) atoms. The summed E-state index contributed by atoms with van der Waals surface area (Å²) >= 11 is 0. The second kappa shape index (κ2) is 12.6. The number of carboxylic acids is 2. The van der Waals surface area contributed by atoms with Gasteiger partial charge in [-0.2, -0.15) is 0 Å². The smallest absolute Gasteiger partial charge is 0.549 e. The summed E-state index contributed by atoms with van der Waals surface area (Å²) in [7, 11) is 0. The molecule has 0 saturated carbocycles. The van der Waals surface area contributed by atoms with Gasteiger partial charge in [-0.1, -0.05) is 13.8 Å². The summed E-state index contributed by atoms with van der Waals surface area (Å²) < 4.78 is 0. The molecule has 104 valence electrons. The molecule has 0 rings (SSSR count). The monoisotopic (exact) mass is 298 g/mol. The summed E-state index contributed by atoms with van der Waals surface area (Å²) in [6, 6.07) is 0. The predicted octanol–water partition coefficient (Wildman–Crippen LogP) is -1.68. The minimum Gasteiger partial charge on any atom is -0.549 e. The number of carbonyl (C=O) groups is 4. The van der Waals surface area contributed by atoms with E-state index < -0.39 is 23.8 Å². The van der Waals surface area contributed by atoms with Crippen molar-refractivity contribution >= 4 is 61.2 Å². The molecule has 7 heteroatoms. The molecule has 0 amide bonds. The van der Waals surface area contributed by atoms with E-state index in [2.05, 4.69) is 0 Å². The summed E-state index contributed by atoms with van der Waals surface area (Å²) in [6.45, 7) is 5.79. The number of rotatable bonds is 6. The molecule has 0 spiro atoms. The Balaban J connectivity index is -0.000000256. The Kier molecular flexibility index (Phi) is 15.6.